The van der Waals surface area contributed by atoms with Gasteiger partial charge in [-0.15, -0.1) is 0 Å². The first-order valence-corrected chi connectivity index (χ1v) is 10.0. The summed E-state index contributed by atoms with van der Waals surface area (Å²) in [6.07, 6.45) is 2.14. The Morgan fingerprint density at radius 2 is 1.74 bits per heavy atom. The molecule has 156 valence electrons. The van der Waals surface area contributed by atoms with Gasteiger partial charge in [0, 0.05) is 12.5 Å². The molecule has 0 spiro atoms. The van der Waals surface area contributed by atoms with Crippen molar-refractivity contribution in [3.05, 3.63) is 99.9 Å². The Hall–Kier alpha value is -3.86. The topological polar surface area (TPSA) is 65.7 Å². The van der Waals surface area contributed by atoms with Gasteiger partial charge in [-0.05, 0) is 55.2 Å². The zero-order chi connectivity index (χ0) is 21.8. The van der Waals surface area contributed by atoms with E-state index in [1.807, 2.05) is 62.4 Å². The van der Waals surface area contributed by atoms with E-state index in [2.05, 4.69) is 0 Å². The summed E-state index contributed by atoms with van der Waals surface area (Å²) in [7, 11) is 0. The van der Waals surface area contributed by atoms with Crippen molar-refractivity contribution in [3.63, 3.8) is 0 Å². The smallest absolute Gasteiger partial charge is 0.311 e. The van der Waals surface area contributed by atoms with E-state index >= 15 is 0 Å². The molecule has 0 radical (unpaired) electrons. The Balaban J connectivity index is 1.49. The highest BCUT2D eigenvalue weighted by molar-refractivity contribution is 5.81. The largest absolute Gasteiger partial charge is 0.460 e. The highest BCUT2D eigenvalue weighted by Gasteiger charge is 2.13. The molecule has 4 aromatic rings. The van der Waals surface area contributed by atoms with Crippen LogP contribution in [0, 0.1) is 13.8 Å². The average Bonchev–Trinajstić information content (AvgIpc) is 2.77. The van der Waals surface area contributed by atoms with Crippen molar-refractivity contribution in [3.8, 4) is 17.2 Å². The Kier molecular flexibility index (Phi) is 5.85. The predicted octanol–water partition coefficient (Wildman–Crippen LogP) is 5.74. The fourth-order valence-electron chi connectivity index (χ4n) is 3.23. The van der Waals surface area contributed by atoms with E-state index in [1.54, 1.807) is 18.2 Å². The van der Waals surface area contributed by atoms with Crippen molar-refractivity contribution in [1.82, 2.24) is 0 Å². The third-order valence-electron chi connectivity index (χ3n) is 4.97. The van der Waals surface area contributed by atoms with Crippen LogP contribution in [0.1, 0.15) is 23.1 Å². The number of rotatable bonds is 6. The first-order chi connectivity index (χ1) is 15.0. The Morgan fingerprint density at radius 3 is 2.55 bits per heavy atom. The van der Waals surface area contributed by atoms with E-state index in [4.69, 9.17) is 13.9 Å². The van der Waals surface area contributed by atoms with Gasteiger partial charge in [0.15, 0.2) is 0 Å². The van der Waals surface area contributed by atoms with E-state index < -0.39 is 0 Å². The van der Waals surface area contributed by atoms with Crippen molar-refractivity contribution in [2.75, 3.05) is 0 Å². The number of fused-ring (bicyclic) bond motifs is 1. The van der Waals surface area contributed by atoms with Crippen molar-refractivity contribution in [2.24, 2.45) is 0 Å². The lowest BCUT2D eigenvalue weighted by Gasteiger charge is -2.10. The summed E-state index contributed by atoms with van der Waals surface area (Å²) in [5.41, 5.74) is 3.06. The molecule has 5 nitrogen and oxygen atoms in total. The molecule has 0 atom stereocenters. The number of hydrogen-bond donors (Lipinski definition) is 0. The zero-order valence-electron chi connectivity index (χ0n) is 17.4. The van der Waals surface area contributed by atoms with Gasteiger partial charge < -0.3 is 13.9 Å². The van der Waals surface area contributed by atoms with Crippen LogP contribution in [0.5, 0.6) is 17.2 Å². The molecule has 0 N–H and O–H groups in total. The van der Waals surface area contributed by atoms with Crippen molar-refractivity contribution >= 4 is 16.9 Å². The normalized spacial score (nSPS) is 10.8. The van der Waals surface area contributed by atoms with Gasteiger partial charge in [0.1, 0.15) is 23.3 Å². The molecular weight excluding hydrogens is 392 g/mol. The molecule has 0 aliphatic rings. The lowest BCUT2D eigenvalue weighted by atomic mass is 10.1. The second-order valence-corrected chi connectivity index (χ2v) is 7.42. The van der Waals surface area contributed by atoms with Crippen LogP contribution in [0.3, 0.4) is 0 Å². The zero-order valence-corrected chi connectivity index (χ0v) is 17.4. The molecule has 31 heavy (non-hydrogen) atoms. The first-order valence-electron chi connectivity index (χ1n) is 10.0. The highest BCUT2D eigenvalue weighted by Crippen LogP contribution is 2.27. The van der Waals surface area contributed by atoms with E-state index in [9.17, 15) is 9.59 Å². The highest BCUT2D eigenvalue weighted by atomic mass is 16.5. The maximum absolute atomic E-state index is 12.8. The van der Waals surface area contributed by atoms with Crippen LogP contribution in [0.25, 0.3) is 11.0 Å². The van der Waals surface area contributed by atoms with Crippen molar-refractivity contribution in [1.29, 1.82) is 0 Å². The van der Waals surface area contributed by atoms with Gasteiger partial charge in [-0.3, -0.25) is 9.59 Å². The maximum atomic E-state index is 12.8. The summed E-state index contributed by atoms with van der Waals surface area (Å²) in [4.78, 5) is 25.0. The van der Waals surface area contributed by atoms with Gasteiger partial charge in [-0.2, -0.15) is 0 Å². The molecule has 1 aromatic heterocycles. The molecule has 0 saturated heterocycles. The maximum Gasteiger partial charge on any atom is 0.311 e. The van der Waals surface area contributed by atoms with Gasteiger partial charge in [-0.25, -0.2) is 0 Å². The first kappa shape index (κ1) is 20.4. The van der Waals surface area contributed by atoms with Crippen LogP contribution in [0.4, 0.5) is 0 Å². The van der Waals surface area contributed by atoms with Crippen LogP contribution in [-0.4, -0.2) is 5.97 Å². The summed E-state index contributed by atoms with van der Waals surface area (Å²) in [6, 6.07) is 20.2. The fourth-order valence-corrected chi connectivity index (χ4v) is 3.23. The molecule has 1 heterocycles. The average molecular weight is 414 g/mol. The lowest BCUT2D eigenvalue weighted by Crippen LogP contribution is -2.09. The number of carbonyl (C=O) groups excluding carboxylic acids is 1. The lowest BCUT2D eigenvalue weighted by molar-refractivity contribution is -0.134. The van der Waals surface area contributed by atoms with E-state index in [1.165, 1.54) is 6.26 Å². The third-order valence-corrected chi connectivity index (χ3v) is 4.97. The molecule has 4 rings (SSSR count). The minimum absolute atomic E-state index is 0.105. The second-order valence-electron chi connectivity index (χ2n) is 7.42. The van der Waals surface area contributed by atoms with E-state index in [0.29, 0.717) is 28.9 Å². The van der Waals surface area contributed by atoms with Gasteiger partial charge >= 0.3 is 5.97 Å². The molecule has 0 amide bonds. The minimum atomic E-state index is -0.347. The van der Waals surface area contributed by atoms with Gasteiger partial charge in [0.05, 0.1) is 5.39 Å². The molecule has 0 aliphatic carbocycles. The third kappa shape index (κ3) is 4.83. The van der Waals surface area contributed by atoms with Gasteiger partial charge in [-0.1, -0.05) is 42.5 Å². The fraction of sp³-hybridized carbons (Fsp3) is 0.154. The second kappa shape index (κ2) is 8.88. The quantitative estimate of drug-likeness (QED) is 0.297. The number of ether oxygens (including phenoxy) is 2. The van der Waals surface area contributed by atoms with E-state index in [-0.39, 0.29) is 23.6 Å². The standard InChI is InChI=1S/C26H22O5/c1-17-8-9-18(2)22(14-17)31-24-16-29-23-15-20(11-12-21(23)26(24)28)30-25(27)13-10-19-6-4-3-5-7-19/h3-9,11-12,14-16H,10,13H2,1-2H3. The van der Waals surface area contributed by atoms with Gasteiger partial charge in [0.2, 0.25) is 11.2 Å². The molecule has 0 unspecified atom stereocenters. The van der Waals surface area contributed by atoms with Crippen LogP contribution >= 0.6 is 0 Å². The van der Waals surface area contributed by atoms with Crippen LogP contribution in [0.15, 0.2) is 82.2 Å². The number of hydrogen-bond acceptors (Lipinski definition) is 5. The minimum Gasteiger partial charge on any atom is -0.460 e. The van der Waals surface area contributed by atoms with Crippen LogP contribution < -0.4 is 14.9 Å². The molecule has 3 aromatic carbocycles. The number of carbonyl (C=O) groups is 1. The predicted molar refractivity (Wildman–Crippen MR) is 119 cm³/mol. The summed E-state index contributed by atoms with van der Waals surface area (Å²) in [5, 5.41) is 0.354. The summed E-state index contributed by atoms with van der Waals surface area (Å²) < 4.78 is 16.8. The molecular formula is C26H22O5. The molecule has 0 aliphatic heterocycles. The SMILES string of the molecule is Cc1ccc(C)c(Oc2coc3cc(OC(=O)CCc4ccccc4)ccc3c2=O)c1. The number of aryl methyl sites for hydroxylation is 3. The van der Waals surface area contributed by atoms with Crippen molar-refractivity contribution in [2.45, 2.75) is 26.7 Å². The molecule has 0 bridgehead atoms. The van der Waals surface area contributed by atoms with Crippen LogP contribution in [-0.2, 0) is 11.2 Å². The number of esters is 1. The van der Waals surface area contributed by atoms with Crippen LogP contribution in [0.2, 0.25) is 0 Å². The van der Waals surface area contributed by atoms with Crippen molar-refractivity contribution < 1.29 is 18.7 Å². The molecule has 0 saturated carbocycles. The Morgan fingerprint density at radius 1 is 0.935 bits per heavy atom. The summed E-state index contributed by atoms with van der Waals surface area (Å²) in [5.74, 6) is 0.696. The molecule has 0 fully saturated rings. The number of benzene rings is 3. The monoisotopic (exact) mass is 414 g/mol. The molecule has 5 heteroatoms. The van der Waals surface area contributed by atoms with Gasteiger partial charge in [0.25, 0.3) is 0 Å². The Bertz CT molecular complexity index is 1290. The summed E-state index contributed by atoms with van der Waals surface area (Å²) in [6.45, 7) is 3.87. The summed E-state index contributed by atoms with van der Waals surface area (Å²) >= 11 is 0. The Labute approximate surface area is 179 Å². The van der Waals surface area contributed by atoms with E-state index in [0.717, 1.165) is 16.7 Å².